The van der Waals surface area contributed by atoms with Gasteiger partial charge in [0.2, 0.25) is 5.91 Å². The van der Waals surface area contributed by atoms with Crippen LogP contribution >= 0.6 is 0 Å². The molecule has 0 aliphatic rings. The summed E-state index contributed by atoms with van der Waals surface area (Å²) in [6.45, 7) is 3.30. The van der Waals surface area contributed by atoms with E-state index in [2.05, 4.69) is 10.3 Å². The number of hydrogen-bond acceptors (Lipinski definition) is 4. The van der Waals surface area contributed by atoms with Crippen LogP contribution in [0.25, 0.3) is 6.08 Å². The van der Waals surface area contributed by atoms with Gasteiger partial charge in [0.15, 0.2) is 0 Å². The van der Waals surface area contributed by atoms with E-state index in [0.717, 1.165) is 0 Å². The van der Waals surface area contributed by atoms with Crippen LogP contribution in [0.3, 0.4) is 0 Å². The minimum Gasteiger partial charge on any atom is -0.506 e. The van der Waals surface area contributed by atoms with Gasteiger partial charge in [-0.2, -0.15) is 0 Å². The maximum absolute atomic E-state index is 11.5. The number of pyridine rings is 1. The lowest BCUT2D eigenvalue weighted by Gasteiger charge is -2.22. The molecule has 5 nitrogen and oxygen atoms in total. The van der Waals surface area contributed by atoms with Crippen LogP contribution in [-0.2, 0) is 4.79 Å². The molecule has 5 heteroatoms. The summed E-state index contributed by atoms with van der Waals surface area (Å²) in [5, 5.41) is 20.8. The molecule has 3 N–H and O–H groups in total. The van der Waals surface area contributed by atoms with Gasteiger partial charge in [-0.05, 0) is 31.6 Å². The van der Waals surface area contributed by atoms with Gasteiger partial charge in [0, 0.05) is 12.3 Å². The molecule has 0 aromatic carbocycles. The summed E-state index contributed by atoms with van der Waals surface area (Å²) in [7, 11) is 0. The van der Waals surface area contributed by atoms with E-state index in [1.807, 2.05) is 0 Å². The summed E-state index contributed by atoms with van der Waals surface area (Å²) >= 11 is 0. The van der Waals surface area contributed by atoms with Crippen molar-refractivity contribution < 1.29 is 15.0 Å². The molecule has 0 atom stereocenters. The second kappa shape index (κ2) is 5.45. The van der Waals surface area contributed by atoms with Crippen LogP contribution in [0.5, 0.6) is 5.75 Å². The van der Waals surface area contributed by atoms with Crippen LogP contribution in [0.2, 0.25) is 0 Å². The number of aliphatic hydroxyl groups excluding tert-OH is 1. The summed E-state index contributed by atoms with van der Waals surface area (Å²) in [6, 6.07) is 1.49. The van der Waals surface area contributed by atoms with Crippen LogP contribution in [0.15, 0.2) is 24.5 Å². The molecule has 0 bridgehead atoms. The summed E-state index contributed by atoms with van der Waals surface area (Å²) in [5.74, 6) is -0.268. The number of aromatic hydroxyl groups is 1. The van der Waals surface area contributed by atoms with Gasteiger partial charge in [-0.1, -0.05) is 0 Å². The van der Waals surface area contributed by atoms with Crippen molar-refractivity contribution in [2.45, 2.75) is 19.4 Å². The van der Waals surface area contributed by atoms with E-state index < -0.39 is 5.54 Å². The topological polar surface area (TPSA) is 82.5 Å². The first kappa shape index (κ1) is 13.2. The van der Waals surface area contributed by atoms with Gasteiger partial charge in [-0.15, -0.1) is 0 Å². The number of rotatable bonds is 4. The van der Waals surface area contributed by atoms with E-state index in [1.165, 1.54) is 30.6 Å². The maximum Gasteiger partial charge on any atom is 0.244 e. The average Bonchev–Trinajstić information content (AvgIpc) is 2.26. The molecule has 1 heterocycles. The molecular weight excluding hydrogens is 220 g/mol. The number of carbonyl (C=O) groups excluding carboxylic acids is 1. The van der Waals surface area contributed by atoms with Crippen molar-refractivity contribution in [3.63, 3.8) is 0 Å². The molecule has 0 saturated carbocycles. The van der Waals surface area contributed by atoms with Gasteiger partial charge in [0.25, 0.3) is 0 Å². The molecule has 1 amide bonds. The minimum absolute atomic E-state index is 0.0447. The fourth-order valence-electron chi connectivity index (χ4n) is 1.12. The molecule has 1 aromatic rings. The summed E-state index contributed by atoms with van der Waals surface area (Å²) in [6.07, 6.45) is 5.70. The zero-order chi connectivity index (χ0) is 12.9. The Bertz CT molecular complexity index is 428. The van der Waals surface area contributed by atoms with Gasteiger partial charge in [-0.25, -0.2) is 0 Å². The summed E-state index contributed by atoms with van der Waals surface area (Å²) in [5.41, 5.74) is -0.0275. The van der Waals surface area contributed by atoms with Gasteiger partial charge < -0.3 is 15.5 Å². The van der Waals surface area contributed by atoms with Gasteiger partial charge in [0.05, 0.1) is 18.3 Å². The number of aromatic nitrogens is 1. The first-order valence-corrected chi connectivity index (χ1v) is 5.18. The lowest BCUT2D eigenvalue weighted by Crippen LogP contribution is -2.45. The predicted octanol–water partition coefficient (Wildman–Crippen LogP) is 0.687. The highest BCUT2D eigenvalue weighted by Crippen LogP contribution is 2.09. The van der Waals surface area contributed by atoms with Crippen molar-refractivity contribution in [2.75, 3.05) is 6.61 Å². The maximum atomic E-state index is 11.5. The van der Waals surface area contributed by atoms with Crippen molar-refractivity contribution in [1.29, 1.82) is 0 Å². The molecule has 0 saturated heterocycles. The van der Waals surface area contributed by atoms with E-state index in [4.69, 9.17) is 5.11 Å². The number of amides is 1. The van der Waals surface area contributed by atoms with E-state index in [0.29, 0.717) is 5.56 Å². The van der Waals surface area contributed by atoms with Crippen LogP contribution < -0.4 is 5.32 Å². The molecule has 0 fully saturated rings. The number of hydrogen-bond donors (Lipinski definition) is 3. The number of aliphatic hydroxyl groups is 1. The molecule has 1 aromatic heterocycles. The Morgan fingerprint density at radius 3 is 2.82 bits per heavy atom. The quantitative estimate of drug-likeness (QED) is 0.672. The first-order valence-electron chi connectivity index (χ1n) is 5.18. The monoisotopic (exact) mass is 236 g/mol. The van der Waals surface area contributed by atoms with Gasteiger partial charge >= 0.3 is 0 Å². The Kier molecular flexibility index (Phi) is 4.23. The molecule has 17 heavy (non-hydrogen) atoms. The molecule has 0 radical (unpaired) electrons. The number of nitrogens with zero attached hydrogens (tertiary/aromatic N) is 1. The second-order valence-corrected chi connectivity index (χ2v) is 4.34. The lowest BCUT2D eigenvalue weighted by molar-refractivity contribution is -0.118. The molecular formula is C12H16N2O3. The number of carbonyl (C=O) groups is 1. The molecule has 1 rings (SSSR count). The highest BCUT2D eigenvalue weighted by Gasteiger charge is 2.17. The van der Waals surface area contributed by atoms with Crippen LogP contribution in [0.1, 0.15) is 19.4 Å². The average molecular weight is 236 g/mol. The Labute approximate surface area is 99.8 Å². The molecule has 92 valence electrons. The Morgan fingerprint density at radius 2 is 2.24 bits per heavy atom. The van der Waals surface area contributed by atoms with Crippen molar-refractivity contribution in [3.05, 3.63) is 30.1 Å². The molecule has 0 spiro atoms. The predicted molar refractivity (Wildman–Crippen MR) is 64.2 cm³/mol. The van der Waals surface area contributed by atoms with E-state index in [1.54, 1.807) is 13.8 Å². The highest BCUT2D eigenvalue weighted by molar-refractivity contribution is 5.92. The second-order valence-electron chi connectivity index (χ2n) is 4.34. The van der Waals surface area contributed by atoms with Gasteiger partial charge in [-0.3, -0.25) is 9.78 Å². The lowest BCUT2D eigenvalue weighted by atomic mass is 10.1. The largest absolute Gasteiger partial charge is 0.506 e. The normalized spacial score (nSPS) is 11.7. The highest BCUT2D eigenvalue weighted by atomic mass is 16.3. The first-order chi connectivity index (χ1) is 7.93. The van der Waals surface area contributed by atoms with Crippen LogP contribution in [-0.4, -0.2) is 33.3 Å². The van der Waals surface area contributed by atoms with Crippen molar-refractivity contribution in [1.82, 2.24) is 10.3 Å². The summed E-state index contributed by atoms with van der Waals surface area (Å²) in [4.78, 5) is 15.3. The van der Waals surface area contributed by atoms with Crippen molar-refractivity contribution in [3.8, 4) is 5.75 Å². The SMILES string of the molecule is CC(C)(CO)NC(=O)/C=C/c1cncc(O)c1. The summed E-state index contributed by atoms with van der Waals surface area (Å²) < 4.78 is 0. The zero-order valence-corrected chi connectivity index (χ0v) is 9.84. The van der Waals surface area contributed by atoms with Crippen LogP contribution in [0.4, 0.5) is 0 Å². The Morgan fingerprint density at radius 1 is 1.53 bits per heavy atom. The molecule has 0 aliphatic heterocycles. The van der Waals surface area contributed by atoms with Crippen molar-refractivity contribution >= 4 is 12.0 Å². The third kappa shape index (κ3) is 4.65. The fourth-order valence-corrected chi connectivity index (χ4v) is 1.12. The van der Waals surface area contributed by atoms with E-state index in [-0.39, 0.29) is 18.3 Å². The minimum atomic E-state index is -0.654. The molecule has 0 aliphatic carbocycles. The van der Waals surface area contributed by atoms with E-state index >= 15 is 0 Å². The molecule has 0 unspecified atom stereocenters. The zero-order valence-electron chi connectivity index (χ0n) is 9.84. The number of nitrogens with one attached hydrogen (secondary N) is 1. The van der Waals surface area contributed by atoms with Crippen molar-refractivity contribution in [2.24, 2.45) is 0 Å². The third-order valence-electron chi connectivity index (χ3n) is 2.03. The van der Waals surface area contributed by atoms with Crippen LogP contribution in [0, 0.1) is 0 Å². The smallest absolute Gasteiger partial charge is 0.244 e. The third-order valence-corrected chi connectivity index (χ3v) is 2.03. The fraction of sp³-hybridized carbons (Fsp3) is 0.333. The van der Waals surface area contributed by atoms with Gasteiger partial charge in [0.1, 0.15) is 5.75 Å². The van der Waals surface area contributed by atoms with E-state index in [9.17, 15) is 9.90 Å². The Hall–Kier alpha value is -1.88. The standard InChI is InChI=1S/C12H16N2O3/c1-12(2,8-15)14-11(17)4-3-9-5-10(16)7-13-6-9/h3-7,15-16H,8H2,1-2H3,(H,14,17)/b4-3+. The Balaban J connectivity index is 2.63.